The first-order valence-corrected chi connectivity index (χ1v) is 8.05. The molecule has 0 saturated carbocycles. The third-order valence-corrected chi connectivity index (χ3v) is 4.75. The van der Waals surface area contributed by atoms with Crippen molar-refractivity contribution >= 4 is 22.6 Å². The van der Waals surface area contributed by atoms with E-state index in [1.165, 1.54) is 11.1 Å². The Bertz CT molecular complexity index is 913. The van der Waals surface area contributed by atoms with Crippen LogP contribution in [0.2, 0.25) is 0 Å². The van der Waals surface area contributed by atoms with E-state index in [9.17, 15) is 9.90 Å². The van der Waals surface area contributed by atoms with Gasteiger partial charge in [0.15, 0.2) is 0 Å². The third kappa shape index (κ3) is 2.50. The van der Waals surface area contributed by atoms with E-state index in [4.69, 9.17) is 0 Å². The zero-order valence-corrected chi connectivity index (χ0v) is 13.4. The lowest BCUT2D eigenvalue weighted by Gasteiger charge is -2.41. The van der Waals surface area contributed by atoms with Crippen LogP contribution in [0.5, 0.6) is 0 Å². The molecule has 24 heavy (non-hydrogen) atoms. The number of carbonyl (C=O) groups is 1. The number of hydrogen-bond donors (Lipinski definition) is 1. The Hall–Kier alpha value is -2.88. The van der Waals surface area contributed by atoms with Crippen molar-refractivity contribution in [3.8, 4) is 0 Å². The summed E-state index contributed by atoms with van der Waals surface area (Å²) in [7, 11) is 0. The largest absolute Gasteiger partial charge is 0.478 e. The molecule has 1 saturated heterocycles. The number of benzene rings is 2. The van der Waals surface area contributed by atoms with E-state index in [0.29, 0.717) is 22.4 Å². The van der Waals surface area contributed by atoms with Gasteiger partial charge in [0.2, 0.25) is 0 Å². The Labute approximate surface area is 140 Å². The normalized spacial score (nSPS) is 14.6. The molecule has 1 N–H and O–H groups in total. The maximum atomic E-state index is 11.4. The summed E-state index contributed by atoms with van der Waals surface area (Å²) >= 11 is 0. The van der Waals surface area contributed by atoms with Crippen molar-refractivity contribution in [3.05, 3.63) is 71.4 Å². The van der Waals surface area contributed by atoms with Crippen LogP contribution in [0.25, 0.3) is 10.9 Å². The molecule has 2 aromatic carbocycles. The highest BCUT2D eigenvalue weighted by atomic mass is 16.4. The first-order valence-electron chi connectivity index (χ1n) is 8.05. The van der Waals surface area contributed by atoms with Crippen molar-refractivity contribution in [2.24, 2.45) is 0 Å². The lowest BCUT2D eigenvalue weighted by Crippen LogP contribution is -2.45. The van der Waals surface area contributed by atoms with E-state index in [-0.39, 0.29) is 0 Å². The van der Waals surface area contributed by atoms with Gasteiger partial charge in [0.25, 0.3) is 0 Å². The molecule has 4 rings (SSSR count). The van der Waals surface area contributed by atoms with Crippen molar-refractivity contribution in [2.75, 3.05) is 18.0 Å². The SMILES string of the molecule is Cc1ccc(C2CN(c3ccc4nccc(C(=O)O)c4c3)C2)cc1. The van der Waals surface area contributed by atoms with Gasteiger partial charge in [0.05, 0.1) is 11.1 Å². The number of anilines is 1. The quantitative estimate of drug-likeness (QED) is 0.797. The van der Waals surface area contributed by atoms with Gasteiger partial charge in [-0.25, -0.2) is 4.79 Å². The van der Waals surface area contributed by atoms with Gasteiger partial charge < -0.3 is 10.0 Å². The van der Waals surface area contributed by atoms with E-state index in [0.717, 1.165) is 18.8 Å². The van der Waals surface area contributed by atoms with Crippen LogP contribution >= 0.6 is 0 Å². The summed E-state index contributed by atoms with van der Waals surface area (Å²) in [6, 6.07) is 16.1. The summed E-state index contributed by atoms with van der Waals surface area (Å²) in [4.78, 5) is 17.9. The minimum atomic E-state index is -0.916. The van der Waals surface area contributed by atoms with Gasteiger partial charge in [0.1, 0.15) is 0 Å². The summed E-state index contributed by atoms with van der Waals surface area (Å²) in [6.45, 7) is 4.01. The summed E-state index contributed by atoms with van der Waals surface area (Å²) in [5, 5.41) is 10.1. The first kappa shape index (κ1) is 14.7. The van der Waals surface area contributed by atoms with E-state index in [1.807, 2.05) is 18.2 Å². The van der Waals surface area contributed by atoms with Gasteiger partial charge in [-0.2, -0.15) is 0 Å². The standard InChI is InChI=1S/C20H18N2O2/c1-13-2-4-14(5-3-13)15-11-22(12-15)16-6-7-19-18(10-16)17(20(23)24)8-9-21-19/h2-10,15H,11-12H2,1H3,(H,23,24). The van der Waals surface area contributed by atoms with Crippen molar-refractivity contribution < 1.29 is 9.90 Å². The van der Waals surface area contributed by atoms with Crippen LogP contribution < -0.4 is 4.90 Å². The number of aryl methyl sites for hydroxylation is 1. The Balaban J connectivity index is 1.59. The van der Waals surface area contributed by atoms with Crippen molar-refractivity contribution in [2.45, 2.75) is 12.8 Å². The minimum Gasteiger partial charge on any atom is -0.478 e. The van der Waals surface area contributed by atoms with Gasteiger partial charge >= 0.3 is 5.97 Å². The topological polar surface area (TPSA) is 53.4 Å². The second-order valence-electron chi connectivity index (χ2n) is 6.38. The molecule has 1 aliphatic heterocycles. The molecule has 120 valence electrons. The minimum absolute atomic E-state index is 0.303. The molecule has 4 nitrogen and oxygen atoms in total. The number of carboxylic acid groups (broad SMARTS) is 1. The number of rotatable bonds is 3. The second kappa shape index (κ2) is 5.64. The maximum absolute atomic E-state index is 11.4. The number of aromatic nitrogens is 1. The van der Waals surface area contributed by atoms with E-state index in [1.54, 1.807) is 12.3 Å². The maximum Gasteiger partial charge on any atom is 0.336 e. The molecule has 0 atom stereocenters. The number of fused-ring (bicyclic) bond motifs is 1. The fraction of sp³-hybridized carbons (Fsp3) is 0.200. The summed E-state index contributed by atoms with van der Waals surface area (Å²) in [5.41, 5.74) is 4.72. The molecule has 0 radical (unpaired) electrons. The fourth-order valence-electron chi connectivity index (χ4n) is 3.26. The monoisotopic (exact) mass is 318 g/mol. The smallest absolute Gasteiger partial charge is 0.336 e. The molecule has 1 aromatic heterocycles. The molecule has 4 heteroatoms. The number of nitrogens with zero attached hydrogens (tertiary/aromatic N) is 2. The molecule has 1 aliphatic rings. The van der Waals surface area contributed by atoms with Crippen LogP contribution in [0.1, 0.15) is 27.4 Å². The number of hydrogen-bond acceptors (Lipinski definition) is 3. The van der Waals surface area contributed by atoms with Crippen LogP contribution in [0.3, 0.4) is 0 Å². The Morgan fingerprint density at radius 2 is 1.88 bits per heavy atom. The van der Waals surface area contributed by atoms with E-state index >= 15 is 0 Å². The highest BCUT2D eigenvalue weighted by molar-refractivity contribution is 6.03. The molecule has 1 fully saturated rings. The number of carboxylic acids is 1. The molecule has 3 aromatic rings. The Morgan fingerprint density at radius 3 is 2.58 bits per heavy atom. The van der Waals surface area contributed by atoms with Gasteiger partial charge in [-0.3, -0.25) is 4.98 Å². The molecule has 0 spiro atoms. The van der Waals surface area contributed by atoms with Crippen LogP contribution in [-0.2, 0) is 0 Å². The predicted octanol–water partition coefficient (Wildman–Crippen LogP) is 3.85. The number of pyridine rings is 1. The van der Waals surface area contributed by atoms with E-state index < -0.39 is 5.97 Å². The summed E-state index contributed by atoms with van der Waals surface area (Å²) < 4.78 is 0. The zero-order valence-electron chi connectivity index (χ0n) is 13.4. The second-order valence-corrected chi connectivity index (χ2v) is 6.38. The van der Waals surface area contributed by atoms with Crippen LogP contribution in [0.4, 0.5) is 5.69 Å². The Morgan fingerprint density at radius 1 is 1.12 bits per heavy atom. The van der Waals surface area contributed by atoms with E-state index in [2.05, 4.69) is 41.1 Å². The molecule has 0 unspecified atom stereocenters. The van der Waals surface area contributed by atoms with Crippen molar-refractivity contribution in [3.63, 3.8) is 0 Å². The molecular weight excluding hydrogens is 300 g/mol. The zero-order chi connectivity index (χ0) is 16.7. The predicted molar refractivity (Wildman–Crippen MR) is 94.8 cm³/mol. The van der Waals surface area contributed by atoms with Crippen molar-refractivity contribution in [1.82, 2.24) is 4.98 Å². The van der Waals surface area contributed by atoms with Crippen LogP contribution in [0.15, 0.2) is 54.7 Å². The molecule has 0 aliphatic carbocycles. The van der Waals surface area contributed by atoms with Gasteiger partial charge in [-0.05, 0) is 36.8 Å². The van der Waals surface area contributed by atoms with Gasteiger partial charge in [-0.1, -0.05) is 29.8 Å². The highest BCUT2D eigenvalue weighted by Gasteiger charge is 2.28. The number of aromatic carboxylic acids is 1. The summed E-state index contributed by atoms with van der Waals surface area (Å²) in [6.07, 6.45) is 1.54. The average Bonchev–Trinajstić information content (AvgIpc) is 2.54. The third-order valence-electron chi connectivity index (χ3n) is 4.75. The summed E-state index contributed by atoms with van der Waals surface area (Å²) in [5.74, 6) is -0.380. The average molecular weight is 318 g/mol. The highest BCUT2D eigenvalue weighted by Crippen LogP contribution is 2.33. The lowest BCUT2D eigenvalue weighted by molar-refractivity contribution is 0.0699. The fourth-order valence-corrected chi connectivity index (χ4v) is 3.26. The van der Waals surface area contributed by atoms with Crippen LogP contribution in [-0.4, -0.2) is 29.1 Å². The molecular formula is C20H18N2O2. The van der Waals surface area contributed by atoms with Gasteiger partial charge in [0, 0.05) is 36.3 Å². The first-order chi connectivity index (χ1) is 11.6. The lowest BCUT2D eigenvalue weighted by atomic mass is 9.90. The molecule has 0 amide bonds. The molecule has 2 heterocycles. The molecule has 0 bridgehead atoms. The van der Waals surface area contributed by atoms with Crippen molar-refractivity contribution in [1.29, 1.82) is 0 Å². The van der Waals surface area contributed by atoms with Gasteiger partial charge in [-0.15, -0.1) is 0 Å². The van der Waals surface area contributed by atoms with Crippen LogP contribution in [0, 0.1) is 6.92 Å². The Kier molecular flexibility index (Phi) is 3.45.